The van der Waals surface area contributed by atoms with Gasteiger partial charge >= 0.3 is 0 Å². The highest BCUT2D eigenvalue weighted by atomic mass is 16.6. The number of nitro benzene ring substituents is 2. The zero-order valence-corrected chi connectivity index (χ0v) is 13.2. The van der Waals surface area contributed by atoms with Gasteiger partial charge in [0.1, 0.15) is 11.3 Å². The maximum Gasteiger partial charge on any atom is 0.286 e. The fraction of sp³-hybridized carbons (Fsp3) is 0.143. The van der Waals surface area contributed by atoms with Crippen LogP contribution in [0.3, 0.4) is 0 Å². The number of hydrogen-bond donors (Lipinski definition) is 2. The van der Waals surface area contributed by atoms with Crippen molar-refractivity contribution in [1.29, 1.82) is 0 Å². The summed E-state index contributed by atoms with van der Waals surface area (Å²) in [7, 11) is 1.63. The van der Waals surface area contributed by atoms with Gasteiger partial charge in [0.05, 0.1) is 15.4 Å². The Labute approximate surface area is 140 Å². The van der Waals surface area contributed by atoms with E-state index >= 15 is 0 Å². The van der Waals surface area contributed by atoms with Crippen LogP contribution < -0.4 is 10.9 Å². The Balaban J connectivity index is 2.24. The normalized spacial score (nSPS) is 10.2. The summed E-state index contributed by atoms with van der Waals surface area (Å²) >= 11 is 0. The zero-order valence-electron chi connectivity index (χ0n) is 13.2. The fourth-order valence-corrected chi connectivity index (χ4v) is 2.14. The van der Waals surface area contributed by atoms with Gasteiger partial charge in [-0.25, -0.2) is 0 Å². The summed E-state index contributed by atoms with van der Waals surface area (Å²) in [4.78, 5) is 44.4. The number of aromatic nitrogens is 1. The molecule has 0 radical (unpaired) electrons. The maximum atomic E-state index is 12.1. The second-order valence-electron chi connectivity index (χ2n) is 5.07. The Kier molecular flexibility index (Phi) is 4.77. The van der Waals surface area contributed by atoms with Crippen molar-refractivity contribution in [3.8, 4) is 0 Å². The smallest absolute Gasteiger partial charge is 0.286 e. The molecule has 0 saturated carbocycles. The van der Waals surface area contributed by atoms with Crippen LogP contribution in [0.2, 0.25) is 0 Å². The molecule has 0 aliphatic heterocycles. The summed E-state index contributed by atoms with van der Waals surface area (Å²) in [5.74, 6) is -1.54. The van der Waals surface area contributed by atoms with Crippen LogP contribution in [0.25, 0.3) is 0 Å². The summed E-state index contributed by atoms with van der Waals surface area (Å²) < 4.78 is 1.52. The van der Waals surface area contributed by atoms with Crippen LogP contribution in [0.4, 0.5) is 11.4 Å². The van der Waals surface area contributed by atoms with Crippen molar-refractivity contribution in [3.05, 3.63) is 67.5 Å². The zero-order chi connectivity index (χ0) is 18.7. The number of nitrogens with one attached hydrogen (secondary N) is 2. The number of rotatable bonds is 4. The number of carbonyl (C=O) groups is 2. The third-order valence-electron chi connectivity index (χ3n) is 3.47. The number of benzene rings is 1. The highest BCUT2D eigenvalue weighted by molar-refractivity contribution is 5.99. The molecule has 2 N–H and O–H groups in total. The standard InChI is InChI=1S/C14H13N5O6/c1-8-11(18(22)23)6-9(7-12(8)19(24)25)13(20)15-16-14(21)10-4-3-5-17(10)2/h3-7H,1-2H3,(H,15,20)(H,16,21). The van der Waals surface area contributed by atoms with Crippen molar-refractivity contribution in [2.24, 2.45) is 7.05 Å². The molecule has 1 aromatic carbocycles. The van der Waals surface area contributed by atoms with Crippen molar-refractivity contribution in [1.82, 2.24) is 15.4 Å². The molecule has 0 atom stereocenters. The molecule has 11 nitrogen and oxygen atoms in total. The first-order valence-corrected chi connectivity index (χ1v) is 6.87. The minimum absolute atomic E-state index is 0.167. The monoisotopic (exact) mass is 347 g/mol. The van der Waals surface area contributed by atoms with Gasteiger partial charge in [-0.15, -0.1) is 0 Å². The van der Waals surface area contributed by atoms with Crippen LogP contribution >= 0.6 is 0 Å². The Morgan fingerprint density at radius 2 is 1.56 bits per heavy atom. The molecule has 0 fully saturated rings. The van der Waals surface area contributed by atoms with Crippen molar-refractivity contribution < 1.29 is 19.4 Å². The summed E-state index contributed by atoms with van der Waals surface area (Å²) in [6, 6.07) is 4.96. The number of nitrogens with zero attached hydrogens (tertiary/aromatic N) is 3. The average molecular weight is 347 g/mol. The van der Waals surface area contributed by atoms with E-state index in [0.29, 0.717) is 0 Å². The first kappa shape index (κ1) is 17.6. The van der Waals surface area contributed by atoms with Gasteiger partial charge < -0.3 is 4.57 Å². The lowest BCUT2D eigenvalue weighted by atomic mass is 10.1. The second-order valence-corrected chi connectivity index (χ2v) is 5.07. The first-order valence-electron chi connectivity index (χ1n) is 6.87. The van der Waals surface area contributed by atoms with Gasteiger partial charge in [-0.3, -0.25) is 40.7 Å². The van der Waals surface area contributed by atoms with E-state index in [2.05, 4.69) is 10.9 Å². The number of carbonyl (C=O) groups excluding carboxylic acids is 2. The molecule has 25 heavy (non-hydrogen) atoms. The summed E-state index contributed by atoms with van der Waals surface area (Å²) in [5, 5.41) is 22.0. The number of hydrazine groups is 1. The molecular weight excluding hydrogens is 334 g/mol. The lowest BCUT2D eigenvalue weighted by molar-refractivity contribution is -0.395. The third kappa shape index (κ3) is 3.60. The van der Waals surface area contributed by atoms with Gasteiger partial charge in [0.25, 0.3) is 23.2 Å². The van der Waals surface area contributed by atoms with E-state index in [1.165, 1.54) is 17.6 Å². The molecule has 2 rings (SSSR count). The van der Waals surface area contributed by atoms with Gasteiger partial charge in [-0.1, -0.05) is 0 Å². The van der Waals surface area contributed by atoms with E-state index in [1.807, 2.05) is 0 Å². The van der Waals surface area contributed by atoms with Gasteiger partial charge in [0.15, 0.2) is 0 Å². The largest absolute Gasteiger partial charge is 0.347 e. The predicted octanol–water partition coefficient (Wildman–Crippen LogP) is 1.22. The molecule has 0 unspecified atom stereocenters. The van der Waals surface area contributed by atoms with Crippen molar-refractivity contribution in [2.75, 3.05) is 0 Å². The Morgan fingerprint density at radius 1 is 1.04 bits per heavy atom. The van der Waals surface area contributed by atoms with Crippen LogP contribution in [0.1, 0.15) is 26.4 Å². The topological polar surface area (TPSA) is 149 Å². The molecule has 0 bridgehead atoms. The lowest BCUT2D eigenvalue weighted by Gasteiger charge is -2.08. The number of aryl methyl sites for hydroxylation is 1. The molecule has 130 valence electrons. The SMILES string of the molecule is Cc1c([N+](=O)[O-])cc(C(=O)NNC(=O)c2cccn2C)cc1[N+](=O)[O-]. The summed E-state index contributed by atoms with van der Waals surface area (Å²) in [5.41, 5.74) is 2.86. The van der Waals surface area contributed by atoms with E-state index in [9.17, 15) is 29.8 Å². The van der Waals surface area contributed by atoms with E-state index in [-0.39, 0.29) is 16.8 Å². The number of amides is 2. The van der Waals surface area contributed by atoms with Gasteiger partial charge in [-0.05, 0) is 19.1 Å². The fourth-order valence-electron chi connectivity index (χ4n) is 2.14. The minimum atomic E-state index is -0.922. The average Bonchev–Trinajstić information content (AvgIpc) is 2.98. The second kappa shape index (κ2) is 6.78. The Hall–Kier alpha value is -3.76. The minimum Gasteiger partial charge on any atom is -0.347 e. The molecule has 0 aliphatic rings. The van der Waals surface area contributed by atoms with Gasteiger partial charge in [0, 0.05) is 25.4 Å². The molecule has 11 heteroatoms. The first-order chi connectivity index (χ1) is 11.7. The highest BCUT2D eigenvalue weighted by Gasteiger charge is 2.25. The lowest BCUT2D eigenvalue weighted by Crippen LogP contribution is -2.42. The van der Waals surface area contributed by atoms with E-state index < -0.39 is 33.0 Å². The molecule has 1 aromatic heterocycles. The van der Waals surface area contributed by atoms with Crippen molar-refractivity contribution >= 4 is 23.2 Å². The molecule has 0 aliphatic carbocycles. The van der Waals surface area contributed by atoms with Crippen LogP contribution in [0.15, 0.2) is 30.5 Å². The molecule has 0 saturated heterocycles. The maximum absolute atomic E-state index is 12.1. The molecule has 2 aromatic rings. The summed E-state index contributed by atoms with van der Waals surface area (Å²) in [6.45, 7) is 1.22. The van der Waals surface area contributed by atoms with Crippen LogP contribution in [-0.4, -0.2) is 26.2 Å². The van der Waals surface area contributed by atoms with Gasteiger partial charge in [0.2, 0.25) is 0 Å². The Morgan fingerprint density at radius 3 is 2.00 bits per heavy atom. The van der Waals surface area contributed by atoms with Crippen LogP contribution in [0.5, 0.6) is 0 Å². The quantitative estimate of drug-likeness (QED) is 0.627. The third-order valence-corrected chi connectivity index (χ3v) is 3.47. The number of nitro groups is 2. The Bertz CT molecular complexity index is 853. The number of hydrogen-bond acceptors (Lipinski definition) is 6. The van der Waals surface area contributed by atoms with E-state index in [0.717, 1.165) is 12.1 Å². The van der Waals surface area contributed by atoms with Gasteiger partial charge in [-0.2, -0.15) is 0 Å². The van der Waals surface area contributed by atoms with E-state index in [4.69, 9.17) is 0 Å². The molecule has 0 spiro atoms. The molecular formula is C14H13N5O6. The molecule has 2 amide bonds. The highest BCUT2D eigenvalue weighted by Crippen LogP contribution is 2.29. The van der Waals surface area contributed by atoms with Crippen molar-refractivity contribution in [2.45, 2.75) is 6.92 Å². The predicted molar refractivity (Wildman–Crippen MR) is 84.8 cm³/mol. The summed E-state index contributed by atoms with van der Waals surface area (Å²) in [6.07, 6.45) is 1.63. The van der Waals surface area contributed by atoms with Crippen LogP contribution in [-0.2, 0) is 7.05 Å². The van der Waals surface area contributed by atoms with Crippen LogP contribution in [0, 0.1) is 27.2 Å². The molecule has 1 heterocycles. The van der Waals surface area contributed by atoms with Crippen molar-refractivity contribution in [3.63, 3.8) is 0 Å². The van der Waals surface area contributed by atoms with E-state index in [1.54, 1.807) is 19.3 Å².